The number of amides is 1. The number of hydrogen-bond donors (Lipinski definition) is 3. The van der Waals surface area contributed by atoms with E-state index < -0.39 is 36.0 Å². The van der Waals surface area contributed by atoms with Crippen molar-refractivity contribution in [2.45, 2.75) is 19.8 Å². The number of nitrogens with one attached hydrogen (secondary N) is 1. The number of nitrogens with zero attached hydrogens (tertiary/aromatic N) is 1. The molecular weight excluding hydrogens is 422 g/mol. The number of fused-ring (bicyclic) bond motifs is 1. The second-order valence-corrected chi connectivity index (χ2v) is 7.32. The summed E-state index contributed by atoms with van der Waals surface area (Å²) >= 11 is 11.9. The van der Waals surface area contributed by atoms with Gasteiger partial charge < -0.3 is 15.5 Å². The Hall–Kier alpha value is -2.61. The molecule has 0 spiro atoms. The van der Waals surface area contributed by atoms with Crippen LogP contribution >= 0.6 is 23.2 Å². The first-order chi connectivity index (χ1) is 13.7. The summed E-state index contributed by atoms with van der Waals surface area (Å²) in [7, 11) is 0. The van der Waals surface area contributed by atoms with Gasteiger partial charge in [-0.15, -0.1) is 0 Å². The minimum atomic E-state index is -0.905. The molecule has 3 rings (SSSR count). The van der Waals surface area contributed by atoms with Crippen LogP contribution in [0.25, 0.3) is 10.9 Å². The Morgan fingerprint density at radius 3 is 2.52 bits per heavy atom. The van der Waals surface area contributed by atoms with Gasteiger partial charge in [0.25, 0.3) is 5.91 Å². The predicted molar refractivity (Wildman–Crippen MR) is 108 cm³/mol. The Morgan fingerprint density at radius 2 is 1.90 bits per heavy atom. The van der Waals surface area contributed by atoms with E-state index in [1.807, 2.05) is 0 Å². The number of aromatic hydroxyl groups is 1. The van der Waals surface area contributed by atoms with Crippen LogP contribution in [-0.2, 0) is 4.79 Å². The maximum Gasteiger partial charge on any atom is 0.262 e. The van der Waals surface area contributed by atoms with E-state index >= 15 is 0 Å². The van der Waals surface area contributed by atoms with E-state index in [0.717, 1.165) is 6.07 Å². The number of hydrogen-bond acceptors (Lipinski definition) is 4. The normalized spacial score (nSPS) is 12.2. The zero-order chi connectivity index (χ0) is 21.5. The van der Waals surface area contributed by atoms with Gasteiger partial charge in [-0.3, -0.25) is 14.2 Å². The number of halogens is 3. The largest absolute Gasteiger partial charge is 0.505 e. The molecule has 1 heterocycles. The van der Waals surface area contributed by atoms with Crippen LogP contribution in [0.3, 0.4) is 0 Å². The molecule has 0 fully saturated rings. The van der Waals surface area contributed by atoms with Gasteiger partial charge in [0.15, 0.2) is 11.6 Å². The first-order valence-corrected chi connectivity index (χ1v) is 9.34. The van der Waals surface area contributed by atoms with Crippen molar-refractivity contribution in [3.05, 3.63) is 63.0 Å². The molecule has 0 saturated heterocycles. The van der Waals surface area contributed by atoms with Crippen LogP contribution in [0.15, 0.2) is 30.3 Å². The van der Waals surface area contributed by atoms with E-state index in [4.69, 9.17) is 28.3 Å². The van der Waals surface area contributed by atoms with Gasteiger partial charge >= 0.3 is 0 Å². The molecule has 0 unspecified atom stereocenters. The van der Waals surface area contributed by atoms with Crippen LogP contribution in [0, 0.1) is 12.7 Å². The number of phenols is 1. The molecule has 0 aliphatic rings. The monoisotopic (exact) mass is 438 g/mol. The molecule has 29 heavy (non-hydrogen) atoms. The van der Waals surface area contributed by atoms with Crippen molar-refractivity contribution in [2.75, 3.05) is 6.73 Å². The fourth-order valence-electron chi connectivity index (χ4n) is 3.38. The lowest BCUT2D eigenvalue weighted by molar-refractivity contribution is -0.123. The van der Waals surface area contributed by atoms with Gasteiger partial charge in [0.05, 0.1) is 21.5 Å². The highest BCUT2D eigenvalue weighted by Crippen LogP contribution is 2.36. The molecule has 3 N–H and O–H groups in total. The van der Waals surface area contributed by atoms with Crippen LogP contribution < -0.4 is 5.32 Å². The molecule has 0 aliphatic carbocycles. The number of benzene rings is 2. The van der Waals surface area contributed by atoms with Crippen molar-refractivity contribution in [1.29, 1.82) is 0 Å². The molecular formula is C20H17Cl2FN2O4. The Balaban J connectivity index is 2.28. The smallest absolute Gasteiger partial charge is 0.262 e. The molecule has 2 aromatic carbocycles. The average molecular weight is 439 g/mol. The number of carbonyl (C=O) groups excluding carboxylic acids is 2. The fourth-order valence-corrected chi connectivity index (χ4v) is 3.67. The summed E-state index contributed by atoms with van der Waals surface area (Å²) in [5, 5.41) is 21.9. The quantitative estimate of drug-likeness (QED) is 0.537. The molecule has 9 heteroatoms. The van der Waals surface area contributed by atoms with Crippen LogP contribution in [0.1, 0.15) is 34.5 Å². The third kappa shape index (κ3) is 3.69. The third-order valence-electron chi connectivity index (χ3n) is 4.77. The standard InChI is InChI=1S/C20H17Cl2FN2O4/c1-9(19(28)24-8-26)18-10(2)25(16-7-15(23)17(27)6-12(16)18)20(29)11-3-4-13(21)14(22)5-11/h3-7,9,26-27H,8H2,1-2H3,(H,24,28)/t9-/m1/s1. The predicted octanol–water partition coefficient (Wildman–Crippen LogP) is 3.96. The minimum absolute atomic E-state index is 0.186. The molecule has 6 nitrogen and oxygen atoms in total. The van der Waals surface area contributed by atoms with Crippen molar-refractivity contribution < 1.29 is 24.2 Å². The SMILES string of the molecule is Cc1c([C@@H](C)C(=O)NCO)c2cc(O)c(F)cc2n1C(=O)c1ccc(Cl)c(Cl)c1. The van der Waals surface area contributed by atoms with Crippen molar-refractivity contribution in [1.82, 2.24) is 9.88 Å². The second kappa shape index (κ2) is 8.02. The van der Waals surface area contributed by atoms with Crippen molar-refractivity contribution in [2.24, 2.45) is 0 Å². The average Bonchev–Trinajstić information content (AvgIpc) is 2.94. The van der Waals surface area contributed by atoms with Crippen LogP contribution in [0.4, 0.5) is 4.39 Å². The van der Waals surface area contributed by atoms with Gasteiger partial charge in [-0.05, 0) is 43.7 Å². The molecule has 0 aliphatic heterocycles. The lowest BCUT2D eigenvalue weighted by Crippen LogP contribution is -2.29. The zero-order valence-electron chi connectivity index (χ0n) is 15.5. The number of carbonyl (C=O) groups is 2. The van der Waals surface area contributed by atoms with Crippen molar-refractivity contribution in [3.63, 3.8) is 0 Å². The number of aromatic nitrogens is 1. The number of aliphatic hydroxyl groups is 1. The Kier molecular flexibility index (Phi) is 5.84. The summed E-state index contributed by atoms with van der Waals surface area (Å²) in [6.45, 7) is 2.65. The number of phenolic OH excluding ortho intramolecular Hbond substituents is 1. The lowest BCUT2D eigenvalue weighted by Gasteiger charge is -2.13. The van der Waals surface area contributed by atoms with E-state index in [-0.39, 0.29) is 21.1 Å². The fraction of sp³-hybridized carbons (Fsp3) is 0.200. The molecule has 0 saturated carbocycles. The maximum absolute atomic E-state index is 14.1. The summed E-state index contributed by atoms with van der Waals surface area (Å²) in [4.78, 5) is 25.5. The topological polar surface area (TPSA) is 91.6 Å². The molecule has 0 radical (unpaired) electrons. The highest BCUT2D eigenvalue weighted by atomic mass is 35.5. The molecule has 3 aromatic rings. The lowest BCUT2D eigenvalue weighted by atomic mass is 9.97. The van der Waals surface area contributed by atoms with E-state index in [9.17, 15) is 19.1 Å². The number of rotatable bonds is 4. The van der Waals surface area contributed by atoms with Gasteiger partial charge in [0, 0.05) is 22.7 Å². The van der Waals surface area contributed by atoms with Crippen LogP contribution in [0.5, 0.6) is 5.75 Å². The first-order valence-electron chi connectivity index (χ1n) is 8.59. The van der Waals surface area contributed by atoms with Gasteiger partial charge in [-0.2, -0.15) is 0 Å². The Labute approximate surface area is 175 Å². The van der Waals surface area contributed by atoms with Crippen LogP contribution in [-0.4, -0.2) is 33.3 Å². The summed E-state index contributed by atoms with van der Waals surface area (Å²) < 4.78 is 15.4. The molecule has 1 aromatic heterocycles. The molecule has 1 atom stereocenters. The van der Waals surface area contributed by atoms with E-state index in [2.05, 4.69) is 5.32 Å². The summed E-state index contributed by atoms with van der Waals surface area (Å²) in [5.41, 5.74) is 1.22. The van der Waals surface area contributed by atoms with Crippen molar-refractivity contribution >= 4 is 45.9 Å². The summed E-state index contributed by atoms with van der Waals surface area (Å²) in [6.07, 6.45) is 0. The highest BCUT2D eigenvalue weighted by Gasteiger charge is 2.27. The Morgan fingerprint density at radius 1 is 1.21 bits per heavy atom. The number of aliphatic hydroxyl groups excluding tert-OH is 1. The van der Waals surface area contributed by atoms with Gasteiger partial charge in [-0.1, -0.05) is 23.2 Å². The summed E-state index contributed by atoms with van der Waals surface area (Å²) in [5.74, 6) is -3.28. The maximum atomic E-state index is 14.1. The summed E-state index contributed by atoms with van der Waals surface area (Å²) in [6, 6.07) is 6.57. The molecule has 1 amide bonds. The van der Waals surface area contributed by atoms with Crippen LogP contribution in [0.2, 0.25) is 10.0 Å². The van der Waals surface area contributed by atoms with Gasteiger partial charge in [0.1, 0.15) is 6.73 Å². The zero-order valence-corrected chi connectivity index (χ0v) is 17.0. The minimum Gasteiger partial charge on any atom is -0.505 e. The molecule has 0 bridgehead atoms. The third-order valence-corrected chi connectivity index (χ3v) is 5.51. The van der Waals surface area contributed by atoms with Gasteiger partial charge in [-0.25, -0.2) is 4.39 Å². The van der Waals surface area contributed by atoms with E-state index in [0.29, 0.717) is 16.6 Å². The van der Waals surface area contributed by atoms with Gasteiger partial charge in [0.2, 0.25) is 5.91 Å². The Bertz CT molecular complexity index is 1140. The van der Waals surface area contributed by atoms with E-state index in [1.54, 1.807) is 13.8 Å². The second-order valence-electron chi connectivity index (χ2n) is 6.51. The highest BCUT2D eigenvalue weighted by molar-refractivity contribution is 6.42. The first kappa shape index (κ1) is 21.1. The molecule has 152 valence electrons. The van der Waals surface area contributed by atoms with Crippen molar-refractivity contribution in [3.8, 4) is 5.75 Å². The van der Waals surface area contributed by atoms with E-state index in [1.165, 1.54) is 28.8 Å².